The first-order valence-electron chi connectivity index (χ1n) is 8.51. The first-order chi connectivity index (χ1) is 10.3. The lowest BCUT2D eigenvalue weighted by Crippen LogP contribution is -2.49. The summed E-state index contributed by atoms with van der Waals surface area (Å²) in [7, 11) is 0. The van der Waals surface area contributed by atoms with Gasteiger partial charge in [-0.3, -0.25) is 0 Å². The highest BCUT2D eigenvalue weighted by Gasteiger charge is 2.36. The van der Waals surface area contributed by atoms with Crippen LogP contribution in [0.4, 0.5) is 4.79 Å². The SMILES string of the molecule is CCCOCCOC1(CC)CCN(C(=O)OC(C)(C)C)CC1. The summed E-state index contributed by atoms with van der Waals surface area (Å²) in [5.41, 5.74) is -0.558. The quantitative estimate of drug-likeness (QED) is 0.673. The molecule has 22 heavy (non-hydrogen) atoms. The smallest absolute Gasteiger partial charge is 0.410 e. The zero-order chi connectivity index (χ0) is 16.6. The summed E-state index contributed by atoms with van der Waals surface area (Å²) in [5, 5.41) is 0. The zero-order valence-electron chi connectivity index (χ0n) is 14.9. The normalized spacial score (nSPS) is 18.3. The van der Waals surface area contributed by atoms with Crippen LogP contribution in [-0.4, -0.2) is 55.1 Å². The van der Waals surface area contributed by atoms with E-state index in [0.717, 1.165) is 32.3 Å². The molecule has 1 rings (SSSR count). The average molecular weight is 315 g/mol. The Morgan fingerprint density at radius 1 is 1.09 bits per heavy atom. The molecule has 0 saturated carbocycles. The Bertz CT molecular complexity index is 330. The van der Waals surface area contributed by atoms with Crippen molar-refractivity contribution >= 4 is 6.09 Å². The van der Waals surface area contributed by atoms with Crippen LogP contribution in [0.2, 0.25) is 0 Å². The number of piperidine rings is 1. The summed E-state index contributed by atoms with van der Waals surface area (Å²) >= 11 is 0. The van der Waals surface area contributed by atoms with Crippen molar-refractivity contribution in [2.45, 2.75) is 71.5 Å². The van der Waals surface area contributed by atoms with Crippen LogP contribution < -0.4 is 0 Å². The van der Waals surface area contributed by atoms with Gasteiger partial charge in [0.1, 0.15) is 5.60 Å². The van der Waals surface area contributed by atoms with Gasteiger partial charge in [0.25, 0.3) is 0 Å². The molecule has 5 heteroatoms. The van der Waals surface area contributed by atoms with Crippen molar-refractivity contribution in [1.29, 1.82) is 0 Å². The van der Waals surface area contributed by atoms with Gasteiger partial charge >= 0.3 is 6.09 Å². The second-order valence-corrected chi connectivity index (χ2v) is 6.96. The van der Waals surface area contributed by atoms with Crippen molar-refractivity contribution in [3.8, 4) is 0 Å². The van der Waals surface area contributed by atoms with Gasteiger partial charge in [0.2, 0.25) is 0 Å². The first-order valence-corrected chi connectivity index (χ1v) is 8.51. The lowest BCUT2D eigenvalue weighted by atomic mass is 9.88. The summed E-state index contributed by atoms with van der Waals surface area (Å²) in [5.74, 6) is 0. The van der Waals surface area contributed by atoms with Crippen LogP contribution in [0.1, 0.15) is 60.3 Å². The molecule has 130 valence electrons. The number of likely N-dealkylation sites (tertiary alicyclic amines) is 1. The third-order valence-electron chi connectivity index (χ3n) is 3.96. The van der Waals surface area contributed by atoms with Crippen molar-refractivity contribution in [2.75, 3.05) is 32.9 Å². The number of hydrogen-bond acceptors (Lipinski definition) is 4. The molecule has 0 aromatic heterocycles. The van der Waals surface area contributed by atoms with Crippen LogP contribution in [0.3, 0.4) is 0 Å². The van der Waals surface area contributed by atoms with Gasteiger partial charge in [-0.2, -0.15) is 0 Å². The van der Waals surface area contributed by atoms with Gasteiger partial charge in [-0.15, -0.1) is 0 Å². The maximum Gasteiger partial charge on any atom is 0.410 e. The number of rotatable bonds is 7. The molecule has 0 aliphatic carbocycles. The number of hydrogen-bond donors (Lipinski definition) is 0. The van der Waals surface area contributed by atoms with E-state index in [1.54, 1.807) is 4.90 Å². The number of carbonyl (C=O) groups is 1. The van der Waals surface area contributed by atoms with Gasteiger partial charge in [0.15, 0.2) is 0 Å². The molecule has 1 amide bonds. The molecule has 0 N–H and O–H groups in total. The molecular formula is C17H33NO4. The third-order valence-corrected chi connectivity index (χ3v) is 3.96. The van der Waals surface area contributed by atoms with Crippen LogP contribution in [0.5, 0.6) is 0 Å². The Labute approximate surface area is 135 Å². The van der Waals surface area contributed by atoms with Gasteiger partial charge in [0, 0.05) is 19.7 Å². The maximum absolute atomic E-state index is 12.1. The van der Waals surface area contributed by atoms with Crippen molar-refractivity contribution < 1.29 is 19.0 Å². The standard InChI is InChI=1S/C17H33NO4/c1-6-12-20-13-14-21-17(7-2)8-10-18(11-9-17)15(19)22-16(3,4)5/h6-14H2,1-5H3. The maximum atomic E-state index is 12.1. The second-order valence-electron chi connectivity index (χ2n) is 6.96. The van der Waals surface area contributed by atoms with E-state index in [9.17, 15) is 4.79 Å². The lowest BCUT2D eigenvalue weighted by molar-refractivity contribution is -0.101. The largest absolute Gasteiger partial charge is 0.444 e. The zero-order valence-corrected chi connectivity index (χ0v) is 14.9. The fourth-order valence-corrected chi connectivity index (χ4v) is 2.59. The monoisotopic (exact) mass is 315 g/mol. The van der Waals surface area contributed by atoms with Crippen molar-refractivity contribution in [3.05, 3.63) is 0 Å². The van der Waals surface area contributed by atoms with Crippen molar-refractivity contribution in [3.63, 3.8) is 0 Å². The van der Waals surface area contributed by atoms with E-state index in [0.29, 0.717) is 26.3 Å². The van der Waals surface area contributed by atoms with Crippen molar-refractivity contribution in [1.82, 2.24) is 4.90 Å². The van der Waals surface area contributed by atoms with Gasteiger partial charge in [-0.1, -0.05) is 13.8 Å². The van der Waals surface area contributed by atoms with Crippen LogP contribution in [-0.2, 0) is 14.2 Å². The molecule has 0 spiro atoms. The second kappa shape index (κ2) is 8.73. The van der Waals surface area contributed by atoms with Crippen LogP contribution in [0.15, 0.2) is 0 Å². The molecule has 0 aromatic rings. The van der Waals surface area contributed by atoms with Crippen molar-refractivity contribution in [2.24, 2.45) is 0 Å². The summed E-state index contributed by atoms with van der Waals surface area (Å²) in [6, 6.07) is 0. The Morgan fingerprint density at radius 2 is 1.73 bits per heavy atom. The van der Waals surface area contributed by atoms with Gasteiger partial charge in [0.05, 0.1) is 18.8 Å². The average Bonchev–Trinajstić information content (AvgIpc) is 2.46. The molecule has 0 radical (unpaired) electrons. The summed E-state index contributed by atoms with van der Waals surface area (Å²) in [6.07, 6.45) is 3.49. The molecule has 0 unspecified atom stereocenters. The van der Waals surface area contributed by atoms with E-state index < -0.39 is 5.60 Å². The minimum atomic E-state index is -0.441. The molecule has 0 bridgehead atoms. The highest BCUT2D eigenvalue weighted by Crippen LogP contribution is 2.30. The highest BCUT2D eigenvalue weighted by atomic mass is 16.6. The predicted octanol–water partition coefficient (Wildman–Crippen LogP) is 3.61. The van der Waals surface area contributed by atoms with Crippen LogP contribution in [0, 0.1) is 0 Å². The topological polar surface area (TPSA) is 48.0 Å². The van der Waals surface area contributed by atoms with Gasteiger partial charge in [-0.25, -0.2) is 4.79 Å². The summed E-state index contributed by atoms with van der Waals surface area (Å²) in [4.78, 5) is 13.9. The molecule has 0 aromatic carbocycles. The van der Waals surface area contributed by atoms with E-state index in [1.807, 2.05) is 20.8 Å². The number of carbonyl (C=O) groups excluding carboxylic acids is 1. The van der Waals surface area contributed by atoms with E-state index in [1.165, 1.54) is 0 Å². The van der Waals surface area contributed by atoms with Crippen LogP contribution in [0.25, 0.3) is 0 Å². The lowest BCUT2D eigenvalue weighted by Gasteiger charge is -2.41. The highest BCUT2D eigenvalue weighted by molar-refractivity contribution is 5.68. The molecular weight excluding hydrogens is 282 g/mol. The molecule has 1 aliphatic rings. The van der Waals surface area contributed by atoms with Gasteiger partial charge < -0.3 is 19.1 Å². The van der Waals surface area contributed by atoms with E-state index in [4.69, 9.17) is 14.2 Å². The first kappa shape index (κ1) is 19.2. The summed E-state index contributed by atoms with van der Waals surface area (Å²) in [6.45, 7) is 13.4. The number of amides is 1. The molecule has 1 heterocycles. The Morgan fingerprint density at radius 3 is 2.23 bits per heavy atom. The molecule has 1 fully saturated rings. The van der Waals surface area contributed by atoms with Gasteiger partial charge in [-0.05, 0) is 46.5 Å². The number of nitrogens with zero attached hydrogens (tertiary/aromatic N) is 1. The number of ether oxygens (including phenoxy) is 3. The third kappa shape index (κ3) is 6.53. The molecule has 1 saturated heterocycles. The minimum Gasteiger partial charge on any atom is -0.444 e. The fraction of sp³-hybridized carbons (Fsp3) is 0.941. The molecule has 0 atom stereocenters. The fourth-order valence-electron chi connectivity index (χ4n) is 2.59. The Kier molecular flexibility index (Phi) is 7.63. The Balaban J connectivity index is 2.38. The van der Waals surface area contributed by atoms with E-state index in [-0.39, 0.29) is 11.7 Å². The Hall–Kier alpha value is -0.810. The van der Waals surface area contributed by atoms with Crippen LogP contribution >= 0.6 is 0 Å². The van der Waals surface area contributed by atoms with E-state index >= 15 is 0 Å². The summed E-state index contributed by atoms with van der Waals surface area (Å²) < 4.78 is 17.0. The van der Waals surface area contributed by atoms with E-state index in [2.05, 4.69) is 13.8 Å². The molecule has 1 aliphatic heterocycles. The predicted molar refractivity (Wildman–Crippen MR) is 87.1 cm³/mol. The minimum absolute atomic E-state index is 0.117. The molecule has 5 nitrogen and oxygen atoms in total.